The first-order chi connectivity index (χ1) is 9.59. The van der Waals surface area contributed by atoms with Crippen molar-refractivity contribution in [3.8, 4) is 0 Å². The molecule has 1 aliphatic heterocycles. The van der Waals surface area contributed by atoms with Gasteiger partial charge in [-0.25, -0.2) is 0 Å². The average Bonchev–Trinajstić information content (AvgIpc) is 2.86. The minimum absolute atomic E-state index is 0.0443. The van der Waals surface area contributed by atoms with Crippen LogP contribution in [0.3, 0.4) is 0 Å². The number of nitrogen functional groups attached to an aromatic ring is 1. The third-order valence-corrected chi connectivity index (χ3v) is 4.11. The van der Waals surface area contributed by atoms with Gasteiger partial charge in [0.15, 0.2) is 0 Å². The zero-order valence-corrected chi connectivity index (χ0v) is 11.8. The molecule has 0 spiro atoms. The van der Waals surface area contributed by atoms with E-state index in [-0.39, 0.29) is 5.91 Å². The second-order valence-electron chi connectivity index (χ2n) is 5.31. The van der Waals surface area contributed by atoms with Gasteiger partial charge in [-0.05, 0) is 49.1 Å². The molecular formula is C17H18N2O. The Balaban J connectivity index is 2.04. The van der Waals surface area contributed by atoms with Crippen LogP contribution >= 0.6 is 0 Å². The number of benzene rings is 2. The quantitative estimate of drug-likeness (QED) is 0.806. The van der Waals surface area contributed by atoms with Crippen LogP contribution in [0.25, 0.3) is 0 Å². The Kier molecular flexibility index (Phi) is 2.97. The molecule has 0 radical (unpaired) electrons. The summed E-state index contributed by atoms with van der Waals surface area (Å²) in [5.41, 5.74) is 11.7. The van der Waals surface area contributed by atoms with Gasteiger partial charge in [-0.15, -0.1) is 0 Å². The number of nitrogens with zero attached hydrogens (tertiary/aromatic N) is 1. The lowest BCUT2D eigenvalue weighted by molar-refractivity contribution is 0.0989. The first-order valence-corrected chi connectivity index (χ1v) is 6.85. The van der Waals surface area contributed by atoms with Gasteiger partial charge >= 0.3 is 0 Å². The number of hydrogen-bond donors (Lipinski definition) is 1. The summed E-state index contributed by atoms with van der Waals surface area (Å²) in [6, 6.07) is 11.7. The Morgan fingerprint density at radius 3 is 2.70 bits per heavy atom. The molecule has 0 fully saturated rings. The first kappa shape index (κ1) is 12.7. The van der Waals surface area contributed by atoms with Crippen molar-refractivity contribution in [1.82, 2.24) is 0 Å². The molecular weight excluding hydrogens is 248 g/mol. The topological polar surface area (TPSA) is 46.3 Å². The summed E-state index contributed by atoms with van der Waals surface area (Å²) in [5, 5.41) is 0. The van der Waals surface area contributed by atoms with E-state index in [1.165, 1.54) is 0 Å². The van der Waals surface area contributed by atoms with Crippen molar-refractivity contribution in [3.05, 3.63) is 58.7 Å². The summed E-state index contributed by atoms with van der Waals surface area (Å²) in [5.74, 6) is 0.0443. The Labute approximate surface area is 119 Å². The molecule has 3 heteroatoms. The van der Waals surface area contributed by atoms with Gasteiger partial charge in [0, 0.05) is 12.1 Å². The standard InChI is InChI=1S/C17H18N2O/c1-11-5-3-7-14(12(11)2)17(20)19-10-9-13-6-4-8-15(18)16(13)19/h3-8H,9-10,18H2,1-2H3. The van der Waals surface area contributed by atoms with Gasteiger partial charge in [0.1, 0.15) is 0 Å². The minimum atomic E-state index is 0.0443. The largest absolute Gasteiger partial charge is 0.397 e. The fourth-order valence-corrected chi connectivity index (χ4v) is 2.82. The van der Waals surface area contributed by atoms with E-state index in [4.69, 9.17) is 5.73 Å². The van der Waals surface area contributed by atoms with Gasteiger partial charge in [0.05, 0.1) is 11.4 Å². The number of para-hydroxylation sites is 1. The van der Waals surface area contributed by atoms with Gasteiger partial charge in [-0.1, -0.05) is 24.3 Å². The Morgan fingerprint density at radius 2 is 1.90 bits per heavy atom. The Morgan fingerprint density at radius 1 is 1.15 bits per heavy atom. The molecule has 0 aliphatic carbocycles. The van der Waals surface area contributed by atoms with Gasteiger partial charge in [-0.2, -0.15) is 0 Å². The maximum atomic E-state index is 12.8. The SMILES string of the molecule is Cc1cccc(C(=O)N2CCc3cccc(N)c32)c1C. The number of rotatable bonds is 1. The van der Waals surface area contributed by atoms with Crippen LogP contribution in [0.2, 0.25) is 0 Å². The van der Waals surface area contributed by atoms with Crippen LogP contribution in [-0.4, -0.2) is 12.5 Å². The average molecular weight is 266 g/mol. The van der Waals surface area contributed by atoms with E-state index in [0.29, 0.717) is 12.2 Å². The molecule has 3 nitrogen and oxygen atoms in total. The molecule has 0 aromatic heterocycles. The predicted octanol–water partition coefficient (Wildman–Crippen LogP) is 3.09. The van der Waals surface area contributed by atoms with E-state index in [1.54, 1.807) is 0 Å². The number of nitrogens with two attached hydrogens (primary N) is 1. The summed E-state index contributed by atoms with van der Waals surface area (Å²) in [7, 11) is 0. The third kappa shape index (κ3) is 1.86. The molecule has 20 heavy (non-hydrogen) atoms. The Hall–Kier alpha value is -2.29. The normalized spacial score (nSPS) is 13.4. The molecule has 0 saturated heterocycles. The molecule has 0 saturated carbocycles. The number of amides is 1. The second kappa shape index (κ2) is 4.67. The maximum Gasteiger partial charge on any atom is 0.258 e. The first-order valence-electron chi connectivity index (χ1n) is 6.85. The lowest BCUT2D eigenvalue weighted by Gasteiger charge is -2.20. The van der Waals surface area contributed by atoms with Crippen molar-refractivity contribution in [3.63, 3.8) is 0 Å². The molecule has 0 bridgehead atoms. The van der Waals surface area contributed by atoms with Gasteiger partial charge < -0.3 is 10.6 Å². The summed E-state index contributed by atoms with van der Waals surface area (Å²) >= 11 is 0. The molecule has 1 heterocycles. The van der Waals surface area contributed by atoms with Gasteiger partial charge in [0.2, 0.25) is 0 Å². The number of carbonyl (C=O) groups excluding carboxylic acids is 1. The van der Waals surface area contributed by atoms with E-state index in [1.807, 2.05) is 55.1 Å². The summed E-state index contributed by atoms with van der Waals surface area (Å²) in [4.78, 5) is 14.6. The van der Waals surface area contributed by atoms with Gasteiger partial charge in [0.25, 0.3) is 5.91 Å². The smallest absolute Gasteiger partial charge is 0.258 e. The zero-order chi connectivity index (χ0) is 14.3. The number of hydrogen-bond acceptors (Lipinski definition) is 2. The number of aryl methyl sites for hydroxylation is 1. The fraction of sp³-hybridized carbons (Fsp3) is 0.235. The van der Waals surface area contributed by atoms with Crippen LogP contribution in [0.4, 0.5) is 11.4 Å². The van der Waals surface area contributed by atoms with Crippen LogP contribution in [0.1, 0.15) is 27.0 Å². The van der Waals surface area contributed by atoms with Crippen molar-refractivity contribution >= 4 is 17.3 Å². The monoisotopic (exact) mass is 266 g/mol. The van der Waals surface area contributed by atoms with E-state index < -0.39 is 0 Å². The molecule has 2 N–H and O–H groups in total. The molecule has 1 amide bonds. The number of fused-ring (bicyclic) bond motifs is 1. The molecule has 3 rings (SSSR count). The second-order valence-corrected chi connectivity index (χ2v) is 5.31. The minimum Gasteiger partial charge on any atom is -0.397 e. The van der Waals surface area contributed by atoms with E-state index in [9.17, 15) is 4.79 Å². The molecule has 2 aromatic carbocycles. The number of carbonyl (C=O) groups is 1. The van der Waals surface area contributed by atoms with Crippen molar-refractivity contribution < 1.29 is 4.79 Å². The molecule has 2 aromatic rings. The summed E-state index contributed by atoms with van der Waals surface area (Å²) < 4.78 is 0. The highest BCUT2D eigenvalue weighted by atomic mass is 16.2. The van der Waals surface area contributed by atoms with Crippen molar-refractivity contribution in [1.29, 1.82) is 0 Å². The molecule has 102 valence electrons. The molecule has 1 aliphatic rings. The Bertz CT molecular complexity index is 691. The lowest BCUT2D eigenvalue weighted by atomic mass is 10.0. The van der Waals surface area contributed by atoms with Crippen LogP contribution in [-0.2, 0) is 6.42 Å². The summed E-state index contributed by atoms with van der Waals surface area (Å²) in [6.45, 7) is 4.72. The van der Waals surface area contributed by atoms with Crippen molar-refractivity contribution in [2.45, 2.75) is 20.3 Å². The van der Waals surface area contributed by atoms with Gasteiger partial charge in [-0.3, -0.25) is 4.79 Å². The fourth-order valence-electron chi connectivity index (χ4n) is 2.82. The third-order valence-electron chi connectivity index (χ3n) is 4.11. The number of anilines is 2. The zero-order valence-electron chi connectivity index (χ0n) is 11.8. The van der Waals surface area contributed by atoms with Crippen molar-refractivity contribution in [2.24, 2.45) is 0 Å². The van der Waals surface area contributed by atoms with E-state index in [2.05, 4.69) is 0 Å². The highest BCUT2D eigenvalue weighted by molar-refractivity contribution is 6.09. The highest BCUT2D eigenvalue weighted by Crippen LogP contribution is 2.35. The van der Waals surface area contributed by atoms with Crippen LogP contribution in [0, 0.1) is 13.8 Å². The van der Waals surface area contributed by atoms with Crippen LogP contribution in [0.5, 0.6) is 0 Å². The van der Waals surface area contributed by atoms with E-state index >= 15 is 0 Å². The molecule has 0 atom stereocenters. The van der Waals surface area contributed by atoms with Crippen molar-refractivity contribution in [2.75, 3.05) is 17.2 Å². The van der Waals surface area contributed by atoms with Crippen LogP contribution < -0.4 is 10.6 Å². The van der Waals surface area contributed by atoms with Crippen LogP contribution in [0.15, 0.2) is 36.4 Å². The van der Waals surface area contributed by atoms with E-state index in [0.717, 1.165) is 34.4 Å². The highest BCUT2D eigenvalue weighted by Gasteiger charge is 2.28. The summed E-state index contributed by atoms with van der Waals surface area (Å²) in [6.07, 6.45) is 0.872. The maximum absolute atomic E-state index is 12.8. The molecule has 0 unspecified atom stereocenters. The lowest BCUT2D eigenvalue weighted by Crippen LogP contribution is -2.30. The predicted molar refractivity (Wildman–Crippen MR) is 82.2 cm³/mol.